The molecule has 0 amide bonds. The molecule has 0 atom stereocenters. The average molecular weight is 337 g/mol. The Labute approximate surface area is 136 Å². The van der Waals surface area contributed by atoms with Crippen molar-refractivity contribution in [2.24, 2.45) is 0 Å². The average Bonchev–Trinajstić information content (AvgIpc) is 2.52. The van der Waals surface area contributed by atoms with Gasteiger partial charge >= 0.3 is 0 Å². The molecular formula is C17H20FNO3S. The lowest BCUT2D eigenvalue weighted by atomic mass is 10.0. The van der Waals surface area contributed by atoms with Crippen LogP contribution in [0.2, 0.25) is 0 Å². The van der Waals surface area contributed by atoms with Gasteiger partial charge in [0.15, 0.2) is 0 Å². The summed E-state index contributed by atoms with van der Waals surface area (Å²) in [5, 5.41) is 8.71. The quantitative estimate of drug-likeness (QED) is 0.764. The third kappa shape index (κ3) is 4.60. The SMILES string of the molecule is Cc1cc(-c2ccc(F)cc2)ccc1S(=O)(=O)NCCCCO. The zero-order valence-corrected chi connectivity index (χ0v) is 13.7. The second kappa shape index (κ2) is 7.68. The number of sulfonamides is 1. The van der Waals surface area contributed by atoms with E-state index in [1.54, 1.807) is 37.3 Å². The molecule has 0 radical (unpaired) electrons. The number of aliphatic hydroxyl groups excluding tert-OH is 1. The number of unbranched alkanes of at least 4 members (excludes halogenated alkanes) is 1. The summed E-state index contributed by atoms with van der Waals surface area (Å²) < 4.78 is 40.1. The first kappa shape index (κ1) is 17.6. The number of hydrogen-bond donors (Lipinski definition) is 2. The molecule has 0 aliphatic rings. The van der Waals surface area contributed by atoms with Crippen LogP contribution in [0, 0.1) is 12.7 Å². The lowest BCUT2D eigenvalue weighted by Gasteiger charge is -2.11. The summed E-state index contributed by atoms with van der Waals surface area (Å²) in [5.74, 6) is -0.309. The fraction of sp³-hybridized carbons (Fsp3) is 0.294. The monoisotopic (exact) mass is 337 g/mol. The van der Waals surface area contributed by atoms with Gasteiger partial charge in [-0.15, -0.1) is 0 Å². The third-order valence-electron chi connectivity index (χ3n) is 3.52. The zero-order chi connectivity index (χ0) is 16.9. The first-order valence-electron chi connectivity index (χ1n) is 7.41. The Morgan fingerprint density at radius 3 is 2.30 bits per heavy atom. The molecule has 4 nitrogen and oxygen atoms in total. The van der Waals surface area contributed by atoms with Gasteiger partial charge in [-0.3, -0.25) is 0 Å². The Bertz CT molecular complexity index is 758. The molecule has 0 spiro atoms. The number of rotatable bonds is 7. The van der Waals surface area contributed by atoms with Crippen molar-refractivity contribution in [3.63, 3.8) is 0 Å². The van der Waals surface area contributed by atoms with E-state index in [2.05, 4.69) is 4.72 Å². The number of aryl methyl sites for hydroxylation is 1. The molecule has 0 fully saturated rings. The Hall–Kier alpha value is -1.76. The minimum absolute atomic E-state index is 0.0487. The predicted molar refractivity (Wildman–Crippen MR) is 88.1 cm³/mol. The molecule has 2 rings (SSSR count). The van der Waals surface area contributed by atoms with Crippen molar-refractivity contribution >= 4 is 10.0 Å². The van der Waals surface area contributed by atoms with Crippen LogP contribution >= 0.6 is 0 Å². The van der Waals surface area contributed by atoms with E-state index >= 15 is 0 Å². The largest absolute Gasteiger partial charge is 0.396 e. The van der Waals surface area contributed by atoms with Crippen LogP contribution in [0.5, 0.6) is 0 Å². The smallest absolute Gasteiger partial charge is 0.240 e. The molecule has 0 unspecified atom stereocenters. The summed E-state index contributed by atoms with van der Waals surface area (Å²) in [5.41, 5.74) is 2.29. The van der Waals surface area contributed by atoms with Crippen LogP contribution in [0.3, 0.4) is 0 Å². The fourth-order valence-electron chi connectivity index (χ4n) is 2.29. The Kier molecular flexibility index (Phi) is 5.87. The van der Waals surface area contributed by atoms with Crippen LogP contribution in [0.4, 0.5) is 4.39 Å². The summed E-state index contributed by atoms with van der Waals surface area (Å²) in [6.45, 7) is 2.07. The standard InChI is InChI=1S/C17H20FNO3S/c1-13-12-15(14-4-7-16(18)8-5-14)6-9-17(13)23(21,22)19-10-2-3-11-20/h4-9,12,19-20H,2-3,10-11H2,1H3. The molecule has 2 aromatic carbocycles. The highest BCUT2D eigenvalue weighted by Crippen LogP contribution is 2.24. The lowest BCUT2D eigenvalue weighted by molar-refractivity contribution is 0.285. The van der Waals surface area contributed by atoms with Gasteiger partial charge in [0, 0.05) is 13.2 Å². The maximum atomic E-state index is 13.0. The van der Waals surface area contributed by atoms with E-state index in [9.17, 15) is 12.8 Å². The van der Waals surface area contributed by atoms with E-state index in [4.69, 9.17) is 5.11 Å². The second-order valence-electron chi connectivity index (χ2n) is 5.32. The van der Waals surface area contributed by atoms with E-state index in [1.807, 2.05) is 0 Å². The van der Waals surface area contributed by atoms with Gasteiger partial charge in [0.25, 0.3) is 0 Å². The summed E-state index contributed by atoms with van der Waals surface area (Å²) in [6.07, 6.45) is 1.15. The van der Waals surface area contributed by atoms with Crippen molar-refractivity contribution in [2.75, 3.05) is 13.2 Å². The van der Waals surface area contributed by atoms with Crippen molar-refractivity contribution < 1.29 is 17.9 Å². The predicted octanol–water partition coefficient (Wildman–Crippen LogP) is 2.85. The molecule has 0 saturated heterocycles. The lowest BCUT2D eigenvalue weighted by Crippen LogP contribution is -2.25. The van der Waals surface area contributed by atoms with E-state index in [-0.39, 0.29) is 17.3 Å². The van der Waals surface area contributed by atoms with Crippen LogP contribution in [0.15, 0.2) is 47.4 Å². The zero-order valence-electron chi connectivity index (χ0n) is 12.9. The van der Waals surface area contributed by atoms with Gasteiger partial charge in [0.2, 0.25) is 10.0 Å². The van der Waals surface area contributed by atoms with Gasteiger partial charge in [-0.25, -0.2) is 17.5 Å². The van der Waals surface area contributed by atoms with Crippen molar-refractivity contribution in [1.82, 2.24) is 4.72 Å². The molecule has 2 N–H and O–H groups in total. The van der Waals surface area contributed by atoms with Gasteiger partial charge in [-0.2, -0.15) is 0 Å². The molecule has 0 aliphatic carbocycles. The molecule has 0 aromatic heterocycles. The molecule has 6 heteroatoms. The molecule has 0 aliphatic heterocycles. The summed E-state index contributed by atoms with van der Waals surface area (Å²) in [4.78, 5) is 0.229. The van der Waals surface area contributed by atoms with Crippen molar-refractivity contribution in [3.8, 4) is 11.1 Å². The maximum absolute atomic E-state index is 13.0. The van der Waals surface area contributed by atoms with Crippen LogP contribution in [0.25, 0.3) is 11.1 Å². The molecular weight excluding hydrogens is 317 g/mol. The van der Waals surface area contributed by atoms with Gasteiger partial charge in [0.05, 0.1) is 4.90 Å². The highest BCUT2D eigenvalue weighted by atomic mass is 32.2. The van der Waals surface area contributed by atoms with E-state index < -0.39 is 10.0 Å². The molecule has 23 heavy (non-hydrogen) atoms. The number of benzene rings is 2. The number of halogens is 1. The van der Waals surface area contributed by atoms with Gasteiger partial charge in [0.1, 0.15) is 5.82 Å². The van der Waals surface area contributed by atoms with Crippen molar-refractivity contribution in [1.29, 1.82) is 0 Å². The van der Waals surface area contributed by atoms with Crippen LogP contribution < -0.4 is 4.72 Å². The van der Waals surface area contributed by atoms with E-state index in [1.165, 1.54) is 12.1 Å². The number of aliphatic hydroxyl groups is 1. The first-order valence-corrected chi connectivity index (χ1v) is 8.89. The minimum Gasteiger partial charge on any atom is -0.396 e. The normalized spacial score (nSPS) is 11.6. The molecule has 124 valence electrons. The Balaban J connectivity index is 2.20. The number of nitrogens with one attached hydrogen (secondary N) is 1. The second-order valence-corrected chi connectivity index (χ2v) is 7.05. The molecule has 0 saturated carbocycles. The third-order valence-corrected chi connectivity index (χ3v) is 5.14. The first-order chi connectivity index (χ1) is 10.9. The van der Waals surface area contributed by atoms with E-state index in [0.717, 1.165) is 11.1 Å². The van der Waals surface area contributed by atoms with Crippen LogP contribution in [0.1, 0.15) is 18.4 Å². The Morgan fingerprint density at radius 2 is 1.70 bits per heavy atom. The topological polar surface area (TPSA) is 66.4 Å². The van der Waals surface area contributed by atoms with Crippen LogP contribution in [-0.4, -0.2) is 26.7 Å². The van der Waals surface area contributed by atoms with Gasteiger partial charge in [-0.05, 0) is 54.7 Å². The summed E-state index contributed by atoms with van der Waals surface area (Å²) in [6, 6.07) is 11.1. The molecule has 0 heterocycles. The van der Waals surface area contributed by atoms with Crippen molar-refractivity contribution in [3.05, 3.63) is 53.8 Å². The van der Waals surface area contributed by atoms with Crippen LogP contribution in [-0.2, 0) is 10.0 Å². The minimum atomic E-state index is -3.57. The highest BCUT2D eigenvalue weighted by molar-refractivity contribution is 7.89. The summed E-state index contributed by atoms with van der Waals surface area (Å²) in [7, 11) is -3.57. The van der Waals surface area contributed by atoms with Crippen molar-refractivity contribution in [2.45, 2.75) is 24.7 Å². The van der Waals surface area contributed by atoms with E-state index in [0.29, 0.717) is 24.9 Å². The fourth-order valence-corrected chi connectivity index (χ4v) is 3.59. The molecule has 2 aromatic rings. The molecule has 0 bridgehead atoms. The van der Waals surface area contributed by atoms with Gasteiger partial charge < -0.3 is 5.11 Å². The summed E-state index contributed by atoms with van der Waals surface area (Å²) >= 11 is 0. The number of hydrogen-bond acceptors (Lipinski definition) is 3. The highest BCUT2D eigenvalue weighted by Gasteiger charge is 2.16. The maximum Gasteiger partial charge on any atom is 0.240 e. The van der Waals surface area contributed by atoms with Gasteiger partial charge in [-0.1, -0.05) is 24.3 Å². The Morgan fingerprint density at radius 1 is 1.04 bits per heavy atom.